The Morgan fingerprint density at radius 3 is 1.85 bits per heavy atom. The van der Waals surface area contributed by atoms with Crippen LogP contribution in [-0.4, -0.2) is 54.6 Å². The summed E-state index contributed by atoms with van der Waals surface area (Å²) in [6, 6.07) is 19.6. The zero-order valence-corrected chi connectivity index (χ0v) is 24.1. The Labute approximate surface area is 239 Å². The van der Waals surface area contributed by atoms with Gasteiger partial charge < -0.3 is 19.9 Å². The smallest absolute Gasteiger partial charge is 0.345 e. The van der Waals surface area contributed by atoms with Crippen molar-refractivity contribution in [2.45, 2.75) is 33.9 Å². The van der Waals surface area contributed by atoms with Crippen LogP contribution in [-0.2, 0) is 36.9 Å². The van der Waals surface area contributed by atoms with E-state index < -0.39 is 17.9 Å². The number of aromatic nitrogens is 2. The highest BCUT2D eigenvalue weighted by molar-refractivity contribution is 6.13. The van der Waals surface area contributed by atoms with Crippen LogP contribution in [0.4, 0.5) is 0 Å². The zero-order chi connectivity index (χ0) is 30.8. The fourth-order valence-electron chi connectivity index (χ4n) is 3.12. The first kappa shape index (κ1) is 34.0. The molecule has 41 heavy (non-hydrogen) atoms. The quantitative estimate of drug-likeness (QED) is 0.0867. The molecule has 2 aromatic carbocycles. The van der Waals surface area contributed by atoms with Crippen LogP contribution in [0.3, 0.4) is 0 Å². The second kappa shape index (κ2) is 18.3. The minimum Gasteiger partial charge on any atom is -0.465 e. The maximum atomic E-state index is 12.2. The van der Waals surface area contributed by atoms with Crippen LogP contribution in [0.2, 0.25) is 0 Å². The minimum atomic E-state index is -0.681. The highest BCUT2D eigenvalue weighted by Gasteiger charge is 2.17. The Kier molecular flexibility index (Phi) is 15.1. The average molecular weight is 565 g/mol. The molecule has 0 fully saturated rings. The van der Waals surface area contributed by atoms with Gasteiger partial charge in [-0.3, -0.25) is 14.4 Å². The number of nitrogens with zero attached hydrogens (tertiary/aromatic N) is 3. The molecular formula is C30H36N4O7. The molecule has 11 nitrogen and oxygen atoms in total. The van der Waals surface area contributed by atoms with Crippen molar-refractivity contribution in [2.75, 3.05) is 21.3 Å². The molecule has 218 valence electrons. The van der Waals surface area contributed by atoms with E-state index in [0.29, 0.717) is 24.7 Å². The Bertz CT molecular complexity index is 1380. The third-order valence-electron chi connectivity index (χ3n) is 5.29. The first-order chi connectivity index (χ1) is 19.6. The molecule has 0 bridgehead atoms. The molecule has 3 rings (SSSR count). The average Bonchev–Trinajstić information content (AvgIpc) is 2.99. The number of amidine groups is 1. The summed E-state index contributed by atoms with van der Waals surface area (Å²) in [6.07, 6.45) is 2.60. The van der Waals surface area contributed by atoms with Gasteiger partial charge in [-0.1, -0.05) is 66.7 Å². The van der Waals surface area contributed by atoms with Crippen molar-refractivity contribution in [3.63, 3.8) is 0 Å². The maximum Gasteiger partial charge on any atom is 0.345 e. The topological polar surface area (TPSA) is 152 Å². The first-order valence-electron chi connectivity index (χ1n) is 12.4. The van der Waals surface area contributed by atoms with E-state index in [0.717, 1.165) is 5.56 Å². The molecule has 1 heterocycles. The van der Waals surface area contributed by atoms with Crippen molar-refractivity contribution in [3.05, 3.63) is 111 Å². The van der Waals surface area contributed by atoms with Crippen molar-refractivity contribution >= 4 is 23.7 Å². The zero-order valence-electron chi connectivity index (χ0n) is 24.1. The molecule has 3 aromatic rings. The molecule has 0 aliphatic carbocycles. The van der Waals surface area contributed by atoms with E-state index in [1.54, 1.807) is 20.8 Å². The molecular weight excluding hydrogens is 528 g/mol. The summed E-state index contributed by atoms with van der Waals surface area (Å²) in [5, 5.41) is 0. The van der Waals surface area contributed by atoms with Gasteiger partial charge in [-0.25, -0.2) is 19.4 Å². The summed E-state index contributed by atoms with van der Waals surface area (Å²) in [4.78, 5) is 53.4. The van der Waals surface area contributed by atoms with Crippen molar-refractivity contribution in [1.82, 2.24) is 9.55 Å². The number of hydrogen-bond donors (Lipinski definition) is 1. The molecule has 0 unspecified atom stereocenters. The molecule has 0 atom stereocenters. The van der Waals surface area contributed by atoms with Crippen molar-refractivity contribution in [1.29, 1.82) is 0 Å². The van der Waals surface area contributed by atoms with Crippen molar-refractivity contribution in [3.8, 4) is 0 Å². The first-order valence-corrected chi connectivity index (χ1v) is 12.4. The van der Waals surface area contributed by atoms with Crippen molar-refractivity contribution in [2.24, 2.45) is 10.7 Å². The van der Waals surface area contributed by atoms with Gasteiger partial charge in [0.2, 0.25) is 0 Å². The highest BCUT2D eigenvalue weighted by atomic mass is 16.5. The molecule has 0 amide bonds. The van der Waals surface area contributed by atoms with Gasteiger partial charge >= 0.3 is 17.9 Å². The van der Waals surface area contributed by atoms with E-state index in [2.05, 4.69) is 24.2 Å². The van der Waals surface area contributed by atoms with E-state index in [9.17, 15) is 19.2 Å². The second-order valence-corrected chi connectivity index (χ2v) is 8.22. The van der Waals surface area contributed by atoms with Gasteiger partial charge in [0.1, 0.15) is 17.0 Å². The standard InChI is InChI=1S/C14H14N2O3.C9H12N2.C7H10O4/c1-10-15-8-12(14(18)19-2)13(17)16(10)9-11-6-4-3-5-7-11;1-8(10)11-7-9-5-3-2-4-6-9;1-4-5(6(8)10-2)7(9)11-3/h3-8H,9H2,1-2H3;2-6H,7H2,1H3,(H2,10,11);4H,1-3H3. The summed E-state index contributed by atoms with van der Waals surface area (Å²) in [5.74, 6) is -0.839. The largest absolute Gasteiger partial charge is 0.465 e. The van der Waals surface area contributed by atoms with Crippen LogP contribution in [0.25, 0.3) is 0 Å². The third-order valence-corrected chi connectivity index (χ3v) is 5.29. The monoisotopic (exact) mass is 564 g/mol. The number of nitrogens with two attached hydrogens (primary N) is 1. The molecule has 0 aliphatic heterocycles. The molecule has 1 aromatic heterocycles. The number of aliphatic imine (C=N–C) groups is 1. The van der Waals surface area contributed by atoms with E-state index in [-0.39, 0.29) is 16.7 Å². The number of benzene rings is 2. The van der Waals surface area contributed by atoms with Gasteiger partial charge in [0.15, 0.2) is 0 Å². The lowest BCUT2D eigenvalue weighted by atomic mass is 10.2. The van der Waals surface area contributed by atoms with Gasteiger partial charge in [0.25, 0.3) is 5.56 Å². The number of allylic oxidation sites excluding steroid dienone is 1. The highest BCUT2D eigenvalue weighted by Crippen LogP contribution is 2.04. The summed E-state index contributed by atoms with van der Waals surface area (Å²) >= 11 is 0. The molecule has 0 saturated carbocycles. The number of hydrogen-bond acceptors (Lipinski definition) is 9. The fourth-order valence-corrected chi connectivity index (χ4v) is 3.12. The summed E-state index contributed by atoms with van der Waals surface area (Å²) in [5.41, 5.74) is 7.03. The Morgan fingerprint density at radius 1 is 0.902 bits per heavy atom. The number of methoxy groups -OCH3 is 3. The van der Waals surface area contributed by atoms with Gasteiger partial charge in [0.05, 0.1) is 40.3 Å². The maximum absolute atomic E-state index is 12.2. The normalized spacial score (nSPS) is 10.0. The molecule has 0 aliphatic rings. The number of esters is 3. The number of ether oxygens (including phenoxy) is 3. The Balaban J connectivity index is 0.000000330. The number of rotatable bonds is 7. The molecule has 11 heteroatoms. The molecule has 0 saturated heterocycles. The van der Waals surface area contributed by atoms with Crippen LogP contribution in [0, 0.1) is 6.92 Å². The Morgan fingerprint density at radius 2 is 1.41 bits per heavy atom. The van der Waals surface area contributed by atoms with Crippen molar-refractivity contribution < 1.29 is 28.6 Å². The van der Waals surface area contributed by atoms with Crippen LogP contribution in [0.1, 0.15) is 41.2 Å². The lowest BCUT2D eigenvalue weighted by Crippen LogP contribution is -2.29. The third kappa shape index (κ3) is 11.7. The number of carbonyl (C=O) groups is 3. The summed E-state index contributed by atoms with van der Waals surface area (Å²) in [7, 11) is 3.65. The number of carbonyl (C=O) groups excluding carboxylic acids is 3. The number of aryl methyl sites for hydroxylation is 1. The fraction of sp³-hybridized carbons (Fsp3) is 0.267. The lowest BCUT2D eigenvalue weighted by Gasteiger charge is -2.10. The van der Waals surface area contributed by atoms with Gasteiger partial charge in [-0.15, -0.1) is 0 Å². The van der Waals surface area contributed by atoms with Crippen LogP contribution < -0.4 is 11.3 Å². The SMILES string of the molecule is CC(N)=NCc1ccccc1.CC=C(C(=O)OC)C(=O)OC.COC(=O)c1cnc(C)n(Cc2ccccc2)c1=O. The molecule has 2 N–H and O–H groups in total. The van der Waals surface area contributed by atoms with Gasteiger partial charge in [-0.2, -0.15) is 0 Å². The summed E-state index contributed by atoms with van der Waals surface area (Å²) in [6.45, 7) is 6.14. The Hall–Kier alpha value is -5.06. The minimum absolute atomic E-state index is 0.0518. The predicted octanol–water partition coefficient (Wildman–Crippen LogP) is 3.23. The molecule has 0 spiro atoms. The predicted molar refractivity (Wildman–Crippen MR) is 155 cm³/mol. The van der Waals surface area contributed by atoms with E-state index in [1.807, 2.05) is 60.7 Å². The van der Waals surface area contributed by atoms with Crippen LogP contribution in [0.15, 0.2) is 88.3 Å². The van der Waals surface area contributed by atoms with E-state index in [1.165, 1.54) is 43.7 Å². The molecule has 0 radical (unpaired) electrons. The van der Waals surface area contributed by atoms with Crippen LogP contribution >= 0.6 is 0 Å². The summed E-state index contributed by atoms with van der Waals surface area (Å²) < 4.78 is 14.7. The lowest BCUT2D eigenvalue weighted by molar-refractivity contribution is -0.144. The van der Waals surface area contributed by atoms with E-state index in [4.69, 9.17) is 5.73 Å². The second-order valence-electron chi connectivity index (χ2n) is 8.22. The van der Waals surface area contributed by atoms with E-state index >= 15 is 0 Å². The van der Waals surface area contributed by atoms with Crippen LogP contribution in [0.5, 0.6) is 0 Å². The van der Waals surface area contributed by atoms with Gasteiger partial charge in [-0.05, 0) is 31.9 Å². The van der Waals surface area contributed by atoms with Gasteiger partial charge in [0, 0.05) is 6.20 Å².